The van der Waals surface area contributed by atoms with Crippen molar-refractivity contribution in [2.24, 2.45) is 10.8 Å². The van der Waals surface area contributed by atoms with Crippen molar-refractivity contribution >= 4 is 35.1 Å². The number of hydrogen-bond donors (Lipinski definition) is 2. The van der Waals surface area contributed by atoms with E-state index >= 15 is 0 Å². The Morgan fingerprint density at radius 3 is 2.80 bits per heavy atom. The zero-order valence-electron chi connectivity index (χ0n) is 11.1. The first-order valence-corrected chi connectivity index (χ1v) is 6.65. The Morgan fingerprint density at radius 1 is 1.50 bits per heavy atom. The summed E-state index contributed by atoms with van der Waals surface area (Å²) in [5, 5.41) is 4.41. The van der Waals surface area contributed by atoms with E-state index in [4.69, 9.17) is 26.8 Å². The molecule has 0 aliphatic carbocycles. The summed E-state index contributed by atoms with van der Waals surface area (Å²) in [6.07, 6.45) is 3.15. The second kappa shape index (κ2) is 8.39. The molecular formula is C13H16ClN3O2S. The van der Waals surface area contributed by atoms with Crippen LogP contribution in [-0.2, 0) is 0 Å². The lowest BCUT2D eigenvalue weighted by Gasteiger charge is -2.12. The average Bonchev–Trinajstić information content (AvgIpc) is 2.40. The Bertz CT molecular complexity index is 521. The molecule has 108 valence electrons. The van der Waals surface area contributed by atoms with Gasteiger partial charge in [-0.2, -0.15) is 5.10 Å². The SMILES string of the molecule is C=CCOc1cc(Cl)c(C=NNC(N)=S)cc1OCC. The predicted octanol–water partition coefficient (Wildman–Crippen LogP) is 2.47. The number of rotatable bonds is 7. The Morgan fingerprint density at radius 2 is 2.20 bits per heavy atom. The van der Waals surface area contributed by atoms with Crippen LogP contribution in [0.3, 0.4) is 0 Å². The number of thiocarbonyl (C=S) groups is 1. The van der Waals surface area contributed by atoms with E-state index in [9.17, 15) is 0 Å². The van der Waals surface area contributed by atoms with Gasteiger partial charge in [-0.25, -0.2) is 0 Å². The fourth-order valence-corrected chi connectivity index (χ4v) is 1.60. The van der Waals surface area contributed by atoms with Crippen molar-refractivity contribution in [1.29, 1.82) is 0 Å². The van der Waals surface area contributed by atoms with Crippen LogP contribution in [0.4, 0.5) is 0 Å². The number of benzene rings is 1. The summed E-state index contributed by atoms with van der Waals surface area (Å²) in [6, 6.07) is 3.40. The van der Waals surface area contributed by atoms with E-state index in [2.05, 4.69) is 29.3 Å². The highest BCUT2D eigenvalue weighted by Crippen LogP contribution is 2.33. The summed E-state index contributed by atoms with van der Waals surface area (Å²) in [7, 11) is 0. The molecule has 3 N–H and O–H groups in total. The second-order valence-electron chi connectivity index (χ2n) is 3.59. The van der Waals surface area contributed by atoms with Gasteiger partial charge >= 0.3 is 0 Å². The smallest absolute Gasteiger partial charge is 0.184 e. The lowest BCUT2D eigenvalue weighted by atomic mass is 10.2. The van der Waals surface area contributed by atoms with Crippen LogP contribution < -0.4 is 20.6 Å². The minimum atomic E-state index is 0.0772. The predicted molar refractivity (Wildman–Crippen MR) is 85.8 cm³/mol. The molecule has 0 spiro atoms. The van der Waals surface area contributed by atoms with Crippen LogP contribution >= 0.6 is 23.8 Å². The monoisotopic (exact) mass is 313 g/mol. The summed E-state index contributed by atoms with van der Waals surface area (Å²) in [4.78, 5) is 0. The van der Waals surface area contributed by atoms with Crippen LogP contribution in [0.2, 0.25) is 5.02 Å². The summed E-state index contributed by atoms with van der Waals surface area (Å²) in [6.45, 7) is 6.35. The molecule has 0 aliphatic heterocycles. The van der Waals surface area contributed by atoms with Crippen molar-refractivity contribution in [3.8, 4) is 11.5 Å². The summed E-state index contributed by atoms with van der Waals surface area (Å²) in [5.41, 5.74) is 8.38. The fraction of sp³-hybridized carbons (Fsp3) is 0.231. The molecule has 0 unspecified atom stereocenters. The zero-order valence-corrected chi connectivity index (χ0v) is 12.6. The number of nitrogens with one attached hydrogen (secondary N) is 1. The van der Waals surface area contributed by atoms with Gasteiger partial charge in [0.05, 0.1) is 17.8 Å². The molecule has 0 amide bonds. The Kier molecular flexibility index (Phi) is 6.83. The number of nitrogens with zero attached hydrogens (tertiary/aromatic N) is 1. The molecule has 1 aromatic rings. The topological polar surface area (TPSA) is 68.9 Å². The molecule has 5 nitrogen and oxygen atoms in total. The highest BCUT2D eigenvalue weighted by Gasteiger charge is 2.09. The van der Waals surface area contributed by atoms with Gasteiger partial charge in [0.15, 0.2) is 16.6 Å². The maximum Gasteiger partial charge on any atom is 0.184 e. The lowest BCUT2D eigenvalue weighted by Crippen LogP contribution is -2.24. The largest absolute Gasteiger partial charge is 0.490 e. The quantitative estimate of drug-likeness (QED) is 0.350. The van der Waals surface area contributed by atoms with Gasteiger partial charge in [0.25, 0.3) is 0 Å². The van der Waals surface area contributed by atoms with Crippen molar-refractivity contribution in [3.63, 3.8) is 0 Å². The average molecular weight is 314 g/mol. The van der Waals surface area contributed by atoms with Gasteiger partial charge < -0.3 is 15.2 Å². The van der Waals surface area contributed by atoms with E-state index in [0.29, 0.717) is 35.3 Å². The van der Waals surface area contributed by atoms with Gasteiger partial charge in [0, 0.05) is 11.6 Å². The molecule has 0 saturated heterocycles. The van der Waals surface area contributed by atoms with E-state index in [1.165, 1.54) is 6.21 Å². The summed E-state index contributed by atoms with van der Waals surface area (Å²) in [5.74, 6) is 1.13. The maximum atomic E-state index is 6.15. The first kappa shape index (κ1) is 16.3. The third-order valence-corrected chi connectivity index (χ3v) is 2.52. The minimum Gasteiger partial charge on any atom is -0.490 e. The third-order valence-electron chi connectivity index (χ3n) is 2.10. The van der Waals surface area contributed by atoms with Crippen molar-refractivity contribution < 1.29 is 9.47 Å². The molecule has 0 saturated carbocycles. The first-order valence-electron chi connectivity index (χ1n) is 5.87. The molecule has 0 fully saturated rings. The molecule has 0 heterocycles. The van der Waals surface area contributed by atoms with Crippen LogP contribution in [-0.4, -0.2) is 24.5 Å². The number of nitrogens with two attached hydrogens (primary N) is 1. The van der Waals surface area contributed by atoms with Gasteiger partial charge in [-0.15, -0.1) is 0 Å². The van der Waals surface area contributed by atoms with E-state index in [0.717, 1.165) is 0 Å². The van der Waals surface area contributed by atoms with Crippen molar-refractivity contribution in [1.82, 2.24) is 5.43 Å². The van der Waals surface area contributed by atoms with Crippen molar-refractivity contribution in [2.75, 3.05) is 13.2 Å². The van der Waals surface area contributed by atoms with Gasteiger partial charge in [-0.3, -0.25) is 5.43 Å². The van der Waals surface area contributed by atoms with Gasteiger partial charge in [0.1, 0.15) is 6.61 Å². The normalized spacial score (nSPS) is 10.3. The number of ether oxygens (including phenoxy) is 2. The summed E-state index contributed by atoms with van der Waals surface area (Å²) < 4.78 is 11.0. The maximum absolute atomic E-state index is 6.15. The highest BCUT2D eigenvalue weighted by atomic mass is 35.5. The van der Waals surface area contributed by atoms with Crippen molar-refractivity contribution in [3.05, 3.63) is 35.4 Å². The van der Waals surface area contributed by atoms with Crippen LogP contribution in [0.5, 0.6) is 11.5 Å². The van der Waals surface area contributed by atoms with Gasteiger partial charge in [-0.05, 0) is 25.2 Å². The van der Waals surface area contributed by atoms with Crippen molar-refractivity contribution in [2.45, 2.75) is 6.92 Å². The second-order valence-corrected chi connectivity index (χ2v) is 4.43. The standard InChI is InChI=1S/C13H16ClN3O2S/c1-3-5-19-12-7-10(14)9(6-11(12)18-4-2)8-16-17-13(15)20/h3,6-8H,1,4-5H2,2H3,(H3,15,17,20). The Hall–Kier alpha value is -1.79. The summed E-state index contributed by atoms with van der Waals surface area (Å²) >= 11 is 10.8. The zero-order chi connectivity index (χ0) is 15.0. The molecule has 1 rings (SSSR count). The Labute approximate surface area is 128 Å². The fourth-order valence-electron chi connectivity index (χ4n) is 1.35. The minimum absolute atomic E-state index is 0.0772. The van der Waals surface area contributed by atoms with Gasteiger partial charge in [-0.1, -0.05) is 24.3 Å². The molecular weight excluding hydrogens is 298 g/mol. The van der Waals surface area contributed by atoms with E-state index in [-0.39, 0.29) is 5.11 Å². The van der Waals surface area contributed by atoms with E-state index in [1.54, 1.807) is 18.2 Å². The van der Waals surface area contributed by atoms with E-state index < -0.39 is 0 Å². The highest BCUT2D eigenvalue weighted by molar-refractivity contribution is 7.80. The van der Waals surface area contributed by atoms with Crippen LogP contribution in [0.15, 0.2) is 29.9 Å². The van der Waals surface area contributed by atoms with Crippen LogP contribution in [0.25, 0.3) is 0 Å². The number of hydrazone groups is 1. The molecule has 7 heteroatoms. The lowest BCUT2D eigenvalue weighted by molar-refractivity contribution is 0.297. The third kappa shape index (κ3) is 5.07. The first-order chi connectivity index (χ1) is 9.58. The molecule has 0 radical (unpaired) electrons. The molecule has 0 bridgehead atoms. The Balaban J connectivity index is 3.01. The molecule has 0 aromatic heterocycles. The van der Waals surface area contributed by atoms with Gasteiger partial charge in [0.2, 0.25) is 0 Å². The van der Waals surface area contributed by atoms with Crippen LogP contribution in [0.1, 0.15) is 12.5 Å². The molecule has 20 heavy (non-hydrogen) atoms. The number of halogens is 1. The number of hydrogen-bond acceptors (Lipinski definition) is 4. The van der Waals surface area contributed by atoms with Crippen LogP contribution in [0, 0.1) is 0 Å². The molecule has 0 atom stereocenters. The molecule has 0 aliphatic rings. The van der Waals surface area contributed by atoms with E-state index in [1.807, 2.05) is 6.92 Å². The molecule has 1 aromatic carbocycles.